The second-order valence-electron chi connectivity index (χ2n) is 7.03. The maximum atomic E-state index is 14.0. The number of nitrogens with two attached hydrogens (primary N) is 1. The molecule has 1 aliphatic rings. The summed E-state index contributed by atoms with van der Waals surface area (Å²) in [5.41, 5.74) is 5.53. The number of fused-ring (bicyclic) bond motifs is 1. The zero-order valence-corrected chi connectivity index (χ0v) is 15.5. The van der Waals surface area contributed by atoms with Gasteiger partial charge in [-0.1, -0.05) is 18.2 Å². The molecule has 146 valence electrons. The normalized spacial score (nSPS) is 18.9. The molecule has 0 spiro atoms. The monoisotopic (exact) mass is 392 g/mol. The molecule has 0 radical (unpaired) electrons. The van der Waals surface area contributed by atoms with Gasteiger partial charge in [0.2, 0.25) is 5.91 Å². The second kappa shape index (κ2) is 6.66. The van der Waals surface area contributed by atoms with Gasteiger partial charge in [0.25, 0.3) is 5.91 Å². The Balaban J connectivity index is 1.71. The number of carbonyl (C=O) groups is 3. The van der Waals surface area contributed by atoms with E-state index < -0.39 is 29.2 Å². The topological polar surface area (TPSA) is 105 Å². The van der Waals surface area contributed by atoms with Gasteiger partial charge in [-0.05, 0) is 42.8 Å². The Morgan fingerprint density at radius 3 is 2.76 bits per heavy atom. The number of imide groups is 1. The number of primary amides is 1. The third kappa shape index (κ3) is 3.08. The van der Waals surface area contributed by atoms with Gasteiger partial charge in [0, 0.05) is 22.7 Å². The van der Waals surface area contributed by atoms with Crippen LogP contribution < -0.4 is 11.1 Å². The summed E-state index contributed by atoms with van der Waals surface area (Å²) in [6, 6.07) is 11.6. The first-order valence-corrected chi connectivity index (χ1v) is 8.87. The van der Waals surface area contributed by atoms with E-state index in [9.17, 15) is 18.8 Å². The van der Waals surface area contributed by atoms with E-state index in [2.05, 4.69) is 10.3 Å². The van der Waals surface area contributed by atoms with Crippen molar-refractivity contribution in [2.24, 2.45) is 5.73 Å². The number of nitrogens with one attached hydrogen (secondary N) is 1. The van der Waals surface area contributed by atoms with Crippen molar-refractivity contribution >= 4 is 28.7 Å². The number of halogens is 1. The largest absolute Gasteiger partial charge is 0.366 e. The first kappa shape index (κ1) is 18.5. The number of aromatic nitrogens is 1. The van der Waals surface area contributed by atoms with Gasteiger partial charge in [0.15, 0.2) is 0 Å². The highest BCUT2D eigenvalue weighted by Crippen LogP contribution is 2.31. The minimum Gasteiger partial charge on any atom is -0.366 e. The standard InChI is InChI=1S/C21H17FN4O3/c1-21(15-6-2-4-13(8-15)18(23)27)19(28)26(20(29)25-21)11-14-10-16(22)9-12-5-3-7-24-17(12)14/h2-10H,11H2,1H3,(H2,23,27)(H,25,29). The van der Waals surface area contributed by atoms with E-state index in [0.717, 1.165) is 4.90 Å². The minimum atomic E-state index is -1.38. The summed E-state index contributed by atoms with van der Waals surface area (Å²) >= 11 is 0. The number of pyridine rings is 1. The molecule has 29 heavy (non-hydrogen) atoms. The van der Waals surface area contributed by atoms with Gasteiger partial charge in [-0.15, -0.1) is 0 Å². The summed E-state index contributed by atoms with van der Waals surface area (Å²) in [5.74, 6) is -1.64. The van der Waals surface area contributed by atoms with Crippen molar-refractivity contribution in [2.75, 3.05) is 0 Å². The highest BCUT2D eigenvalue weighted by molar-refractivity contribution is 6.07. The molecule has 8 heteroatoms. The Kier molecular flexibility index (Phi) is 4.26. The van der Waals surface area contributed by atoms with E-state index >= 15 is 0 Å². The van der Waals surface area contributed by atoms with Crippen LogP contribution in [0.25, 0.3) is 10.9 Å². The number of hydrogen-bond donors (Lipinski definition) is 2. The van der Waals surface area contributed by atoms with Crippen LogP contribution in [0.3, 0.4) is 0 Å². The van der Waals surface area contributed by atoms with E-state index in [-0.39, 0.29) is 12.1 Å². The van der Waals surface area contributed by atoms with Crippen LogP contribution in [-0.4, -0.2) is 27.7 Å². The van der Waals surface area contributed by atoms with Crippen molar-refractivity contribution in [1.82, 2.24) is 15.2 Å². The molecule has 1 aromatic heterocycles. The number of benzene rings is 2. The number of nitrogens with zero attached hydrogens (tertiary/aromatic N) is 2. The average Bonchev–Trinajstić information content (AvgIpc) is 2.92. The number of hydrogen-bond acceptors (Lipinski definition) is 4. The van der Waals surface area contributed by atoms with Crippen LogP contribution in [0, 0.1) is 5.82 Å². The van der Waals surface area contributed by atoms with Crippen LogP contribution in [0.4, 0.5) is 9.18 Å². The molecule has 3 N–H and O–H groups in total. The Morgan fingerprint density at radius 2 is 2.00 bits per heavy atom. The fourth-order valence-electron chi connectivity index (χ4n) is 3.54. The third-order valence-corrected chi connectivity index (χ3v) is 5.08. The molecule has 2 heterocycles. The van der Waals surface area contributed by atoms with Crippen LogP contribution in [0.5, 0.6) is 0 Å². The van der Waals surface area contributed by atoms with E-state index in [1.165, 1.54) is 24.3 Å². The highest BCUT2D eigenvalue weighted by Gasteiger charge is 2.49. The van der Waals surface area contributed by atoms with Crippen LogP contribution in [0.1, 0.15) is 28.4 Å². The molecule has 1 aliphatic heterocycles. The molecular weight excluding hydrogens is 375 g/mol. The average molecular weight is 392 g/mol. The Hall–Kier alpha value is -3.81. The van der Waals surface area contributed by atoms with Gasteiger partial charge in [-0.25, -0.2) is 9.18 Å². The Bertz CT molecular complexity index is 1180. The lowest BCUT2D eigenvalue weighted by Crippen LogP contribution is -2.41. The van der Waals surface area contributed by atoms with E-state index in [1.807, 2.05) is 0 Å². The molecule has 0 bridgehead atoms. The number of rotatable bonds is 4. The maximum absolute atomic E-state index is 14.0. The van der Waals surface area contributed by atoms with Crippen LogP contribution in [0.2, 0.25) is 0 Å². The predicted molar refractivity (Wildman–Crippen MR) is 103 cm³/mol. The lowest BCUT2D eigenvalue weighted by molar-refractivity contribution is -0.131. The van der Waals surface area contributed by atoms with E-state index in [4.69, 9.17) is 5.73 Å². The Labute approximate surface area is 165 Å². The molecule has 1 unspecified atom stereocenters. The quantitative estimate of drug-likeness (QED) is 0.665. The smallest absolute Gasteiger partial charge is 0.325 e. The first-order valence-electron chi connectivity index (χ1n) is 8.87. The molecule has 0 aliphatic carbocycles. The number of carbonyl (C=O) groups excluding carboxylic acids is 3. The molecular formula is C21H17FN4O3. The molecule has 4 amide bonds. The lowest BCUT2D eigenvalue weighted by atomic mass is 9.90. The van der Waals surface area contributed by atoms with Crippen molar-refractivity contribution in [2.45, 2.75) is 19.0 Å². The van der Waals surface area contributed by atoms with Crippen molar-refractivity contribution in [3.63, 3.8) is 0 Å². The number of amides is 4. The summed E-state index contributed by atoms with van der Waals surface area (Å²) in [6.45, 7) is 1.41. The molecule has 0 saturated carbocycles. The minimum absolute atomic E-state index is 0.138. The van der Waals surface area contributed by atoms with Gasteiger partial charge in [0.1, 0.15) is 11.4 Å². The second-order valence-corrected chi connectivity index (χ2v) is 7.03. The van der Waals surface area contributed by atoms with Crippen LogP contribution >= 0.6 is 0 Å². The van der Waals surface area contributed by atoms with Crippen molar-refractivity contribution in [3.8, 4) is 0 Å². The van der Waals surface area contributed by atoms with Gasteiger partial charge >= 0.3 is 6.03 Å². The van der Waals surface area contributed by atoms with Crippen molar-refractivity contribution < 1.29 is 18.8 Å². The molecule has 4 rings (SSSR count). The predicted octanol–water partition coefficient (Wildman–Crippen LogP) is 2.44. The molecule has 1 saturated heterocycles. The van der Waals surface area contributed by atoms with Crippen molar-refractivity contribution in [1.29, 1.82) is 0 Å². The van der Waals surface area contributed by atoms with Crippen LogP contribution in [0.15, 0.2) is 54.7 Å². The van der Waals surface area contributed by atoms with Gasteiger partial charge in [-0.3, -0.25) is 19.5 Å². The van der Waals surface area contributed by atoms with Gasteiger partial charge < -0.3 is 11.1 Å². The Morgan fingerprint density at radius 1 is 1.21 bits per heavy atom. The summed E-state index contributed by atoms with van der Waals surface area (Å²) in [4.78, 5) is 42.5. The maximum Gasteiger partial charge on any atom is 0.325 e. The third-order valence-electron chi connectivity index (χ3n) is 5.08. The molecule has 3 aromatic rings. The first-order chi connectivity index (χ1) is 13.8. The zero-order chi connectivity index (χ0) is 20.8. The van der Waals surface area contributed by atoms with Gasteiger partial charge in [-0.2, -0.15) is 0 Å². The lowest BCUT2D eigenvalue weighted by Gasteiger charge is -2.23. The molecule has 1 fully saturated rings. The molecule has 7 nitrogen and oxygen atoms in total. The SMILES string of the molecule is CC1(c2cccc(C(N)=O)c2)NC(=O)N(Cc2cc(F)cc3cccnc23)C1=O. The zero-order valence-electron chi connectivity index (χ0n) is 15.5. The fraction of sp³-hybridized carbons (Fsp3) is 0.143. The van der Waals surface area contributed by atoms with Crippen molar-refractivity contribution in [3.05, 3.63) is 77.2 Å². The highest BCUT2D eigenvalue weighted by atomic mass is 19.1. The summed E-state index contributed by atoms with van der Waals surface area (Å²) < 4.78 is 14.0. The summed E-state index contributed by atoms with van der Waals surface area (Å²) in [7, 11) is 0. The fourth-order valence-corrected chi connectivity index (χ4v) is 3.54. The summed E-state index contributed by atoms with van der Waals surface area (Å²) in [6.07, 6.45) is 1.56. The van der Waals surface area contributed by atoms with Crippen LogP contribution in [-0.2, 0) is 16.9 Å². The van der Waals surface area contributed by atoms with E-state index in [1.54, 1.807) is 37.4 Å². The molecule has 1 atom stereocenters. The number of urea groups is 1. The molecule has 2 aromatic carbocycles. The summed E-state index contributed by atoms with van der Waals surface area (Å²) in [5, 5.41) is 3.24. The van der Waals surface area contributed by atoms with E-state index in [0.29, 0.717) is 22.0 Å². The van der Waals surface area contributed by atoms with Gasteiger partial charge in [0.05, 0.1) is 12.1 Å².